The molecule has 1 aliphatic rings. The van der Waals surface area contributed by atoms with E-state index in [9.17, 15) is 0 Å². The Hall–Kier alpha value is -2.76. The SMILES string of the molecule is c1cc(C2CC(c3ccnnc3)CC(c3ccnnc3)C2)cnn1. The molecule has 0 spiro atoms. The maximum absolute atomic E-state index is 4.06. The van der Waals surface area contributed by atoms with Gasteiger partial charge in [0.2, 0.25) is 0 Å². The zero-order valence-electron chi connectivity index (χ0n) is 13.2. The Balaban J connectivity index is 1.66. The summed E-state index contributed by atoms with van der Waals surface area (Å²) in [5.41, 5.74) is 3.76. The Morgan fingerprint density at radius 2 is 0.833 bits per heavy atom. The molecule has 24 heavy (non-hydrogen) atoms. The number of rotatable bonds is 3. The van der Waals surface area contributed by atoms with Crippen molar-refractivity contribution in [2.75, 3.05) is 0 Å². The second-order valence-corrected chi connectivity index (χ2v) is 6.33. The minimum atomic E-state index is 0.450. The van der Waals surface area contributed by atoms with Crippen molar-refractivity contribution < 1.29 is 0 Å². The first-order valence-corrected chi connectivity index (χ1v) is 8.20. The standard InChI is InChI=1S/C18H18N6/c1-4-19-22-10-13(1)16-7-17(14-2-5-20-23-11-14)9-18(8-16)15-3-6-21-24-12-15/h1-6,10-12,16-18H,7-9H2. The predicted octanol–water partition coefficient (Wildman–Crippen LogP) is 2.89. The molecule has 6 heteroatoms. The van der Waals surface area contributed by atoms with Crippen LogP contribution >= 0.6 is 0 Å². The summed E-state index contributed by atoms with van der Waals surface area (Å²) in [4.78, 5) is 0. The minimum absolute atomic E-state index is 0.450. The average molecular weight is 318 g/mol. The third kappa shape index (κ3) is 3.13. The van der Waals surface area contributed by atoms with Crippen molar-refractivity contribution >= 4 is 0 Å². The molecule has 0 saturated heterocycles. The van der Waals surface area contributed by atoms with E-state index in [2.05, 4.69) is 48.8 Å². The van der Waals surface area contributed by atoms with Gasteiger partial charge in [-0.05, 0) is 71.9 Å². The first-order valence-electron chi connectivity index (χ1n) is 8.20. The van der Waals surface area contributed by atoms with Gasteiger partial charge >= 0.3 is 0 Å². The molecule has 0 aliphatic heterocycles. The summed E-state index contributed by atoms with van der Waals surface area (Å²) in [6.45, 7) is 0. The first-order chi connectivity index (χ1) is 11.9. The van der Waals surface area contributed by atoms with Crippen molar-refractivity contribution in [3.05, 3.63) is 72.1 Å². The second kappa shape index (κ2) is 6.78. The van der Waals surface area contributed by atoms with Gasteiger partial charge in [-0.25, -0.2) is 0 Å². The van der Waals surface area contributed by atoms with Gasteiger partial charge in [0, 0.05) is 18.6 Å². The Morgan fingerprint density at radius 3 is 1.08 bits per heavy atom. The van der Waals surface area contributed by atoms with E-state index >= 15 is 0 Å². The monoisotopic (exact) mass is 318 g/mol. The fraction of sp³-hybridized carbons (Fsp3) is 0.333. The molecule has 0 radical (unpaired) electrons. The van der Waals surface area contributed by atoms with Crippen LogP contribution in [0, 0.1) is 0 Å². The number of hydrogen-bond acceptors (Lipinski definition) is 6. The Labute approximate surface area is 140 Å². The number of hydrogen-bond donors (Lipinski definition) is 0. The highest BCUT2D eigenvalue weighted by Crippen LogP contribution is 2.47. The molecule has 0 atom stereocenters. The molecule has 1 fully saturated rings. The van der Waals surface area contributed by atoms with Gasteiger partial charge < -0.3 is 0 Å². The number of aromatic nitrogens is 6. The normalized spacial score (nSPS) is 23.8. The molecule has 4 rings (SSSR count). The molecule has 3 heterocycles. The zero-order chi connectivity index (χ0) is 16.2. The van der Waals surface area contributed by atoms with Crippen LogP contribution in [0.1, 0.15) is 53.7 Å². The molecule has 0 amide bonds. The van der Waals surface area contributed by atoms with Crippen molar-refractivity contribution in [1.82, 2.24) is 30.6 Å². The summed E-state index contributed by atoms with van der Waals surface area (Å²) < 4.78 is 0. The third-order valence-corrected chi connectivity index (χ3v) is 4.94. The van der Waals surface area contributed by atoms with Crippen molar-refractivity contribution in [1.29, 1.82) is 0 Å². The third-order valence-electron chi connectivity index (χ3n) is 4.94. The van der Waals surface area contributed by atoms with Crippen LogP contribution in [0.5, 0.6) is 0 Å². The Kier molecular flexibility index (Phi) is 4.18. The van der Waals surface area contributed by atoms with Gasteiger partial charge in [0.25, 0.3) is 0 Å². The fourth-order valence-corrected chi connectivity index (χ4v) is 3.76. The molecule has 3 aromatic heterocycles. The van der Waals surface area contributed by atoms with Gasteiger partial charge in [-0.1, -0.05) is 0 Å². The molecule has 6 nitrogen and oxygen atoms in total. The summed E-state index contributed by atoms with van der Waals surface area (Å²) in [6.07, 6.45) is 14.3. The van der Waals surface area contributed by atoms with E-state index in [-0.39, 0.29) is 0 Å². The van der Waals surface area contributed by atoms with Crippen LogP contribution in [-0.4, -0.2) is 30.6 Å². The quantitative estimate of drug-likeness (QED) is 0.739. The summed E-state index contributed by atoms with van der Waals surface area (Å²) >= 11 is 0. The molecule has 0 bridgehead atoms. The summed E-state index contributed by atoms with van der Waals surface area (Å²) in [7, 11) is 0. The molecular formula is C18H18N6. The minimum Gasteiger partial charge on any atom is -0.159 e. The van der Waals surface area contributed by atoms with Crippen molar-refractivity contribution in [3.63, 3.8) is 0 Å². The summed E-state index contributed by atoms with van der Waals surface area (Å²) in [5, 5.41) is 23.9. The van der Waals surface area contributed by atoms with Crippen LogP contribution in [-0.2, 0) is 0 Å². The zero-order valence-corrected chi connectivity index (χ0v) is 13.2. The van der Waals surface area contributed by atoms with E-state index in [4.69, 9.17) is 0 Å². The summed E-state index contributed by atoms with van der Waals surface area (Å²) in [6, 6.07) is 6.23. The molecule has 3 aromatic rings. The van der Waals surface area contributed by atoms with Crippen LogP contribution in [0.15, 0.2) is 55.4 Å². The lowest BCUT2D eigenvalue weighted by Gasteiger charge is -2.35. The smallest absolute Gasteiger partial charge is 0.0531 e. The average Bonchev–Trinajstić information content (AvgIpc) is 2.70. The molecular weight excluding hydrogens is 300 g/mol. The Morgan fingerprint density at radius 1 is 0.500 bits per heavy atom. The molecule has 1 aliphatic carbocycles. The lowest BCUT2D eigenvalue weighted by atomic mass is 9.69. The van der Waals surface area contributed by atoms with Crippen LogP contribution < -0.4 is 0 Å². The van der Waals surface area contributed by atoms with E-state index in [1.54, 1.807) is 18.6 Å². The van der Waals surface area contributed by atoms with E-state index in [1.165, 1.54) is 16.7 Å². The number of nitrogens with zero attached hydrogens (tertiary/aromatic N) is 6. The lowest BCUT2D eigenvalue weighted by Crippen LogP contribution is -2.20. The second-order valence-electron chi connectivity index (χ2n) is 6.33. The van der Waals surface area contributed by atoms with E-state index < -0.39 is 0 Å². The molecule has 0 N–H and O–H groups in total. The van der Waals surface area contributed by atoms with Gasteiger partial charge in [-0.3, -0.25) is 0 Å². The highest BCUT2D eigenvalue weighted by atomic mass is 15.1. The summed E-state index contributed by atoms with van der Waals surface area (Å²) in [5.74, 6) is 1.35. The maximum atomic E-state index is 4.06. The highest BCUT2D eigenvalue weighted by molar-refractivity contribution is 5.25. The molecule has 0 unspecified atom stereocenters. The Bertz CT molecular complexity index is 651. The molecule has 1 saturated carbocycles. The first kappa shape index (κ1) is 14.8. The van der Waals surface area contributed by atoms with E-state index in [0.29, 0.717) is 17.8 Å². The van der Waals surface area contributed by atoms with Gasteiger partial charge in [0.05, 0.1) is 18.6 Å². The van der Waals surface area contributed by atoms with Crippen LogP contribution in [0.4, 0.5) is 0 Å². The van der Waals surface area contributed by atoms with Crippen molar-refractivity contribution in [2.24, 2.45) is 0 Å². The topological polar surface area (TPSA) is 77.3 Å². The van der Waals surface area contributed by atoms with Crippen LogP contribution in [0.25, 0.3) is 0 Å². The van der Waals surface area contributed by atoms with Gasteiger partial charge in [-0.15, -0.1) is 0 Å². The maximum Gasteiger partial charge on any atom is 0.0531 e. The van der Waals surface area contributed by atoms with Gasteiger partial charge in [-0.2, -0.15) is 30.6 Å². The lowest BCUT2D eigenvalue weighted by molar-refractivity contribution is 0.349. The van der Waals surface area contributed by atoms with Crippen LogP contribution in [0.3, 0.4) is 0 Å². The largest absolute Gasteiger partial charge is 0.159 e. The van der Waals surface area contributed by atoms with Crippen LogP contribution in [0.2, 0.25) is 0 Å². The van der Waals surface area contributed by atoms with E-state index in [1.807, 2.05) is 18.6 Å². The van der Waals surface area contributed by atoms with E-state index in [0.717, 1.165) is 19.3 Å². The fourth-order valence-electron chi connectivity index (χ4n) is 3.76. The highest BCUT2D eigenvalue weighted by Gasteiger charge is 2.32. The molecule has 120 valence electrons. The molecule has 0 aromatic carbocycles. The van der Waals surface area contributed by atoms with Gasteiger partial charge in [0.1, 0.15) is 0 Å². The van der Waals surface area contributed by atoms with Gasteiger partial charge in [0.15, 0.2) is 0 Å². The van der Waals surface area contributed by atoms with Crippen molar-refractivity contribution in [3.8, 4) is 0 Å². The van der Waals surface area contributed by atoms with Crippen molar-refractivity contribution in [2.45, 2.75) is 37.0 Å². The predicted molar refractivity (Wildman–Crippen MR) is 88.2 cm³/mol.